The van der Waals surface area contributed by atoms with Crippen LogP contribution in [0.4, 0.5) is 0 Å². The molecule has 2 rings (SSSR count). The first-order chi connectivity index (χ1) is 9.58. The van der Waals surface area contributed by atoms with E-state index < -0.39 is 12.0 Å². The molecule has 1 aliphatic rings. The van der Waals surface area contributed by atoms with Crippen molar-refractivity contribution in [3.63, 3.8) is 0 Å². The van der Waals surface area contributed by atoms with Crippen LogP contribution >= 0.6 is 0 Å². The number of carboxylic acids is 1. The quantitative estimate of drug-likeness (QED) is 0.580. The highest BCUT2D eigenvalue weighted by atomic mass is 35.5. The summed E-state index contributed by atoms with van der Waals surface area (Å²) in [6, 6.07) is -0.417. The van der Waals surface area contributed by atoms with Crippen LogP contribution in [0.1, 0.15) is 25.1 Å². The Bertz CT molecular complexity index is 487. The van der Waals surface area contributed by atoms with Gasteiger partial charge in [0, 0.05) is 38.8 Å². The van der Waals surface area contributed by atoms with Crippen molar-refractivity contribution >= 4 is 11.9 Å². The lowest BCUT2D eigenvalue weighted by Crippen LogP contribution is -3.00. The van der Waals surface area contributed by atoms with E-state index in [0.717, 1.165) is 13.1 Å². The molecule has 1 atom stereocenters. The molecule has 118 valence electrons. The van der Waals surface area contributed by atoms with Gasteiger partial charge in [-0.05, 0) is 6.92 Å². The third kappa shape index (κ3) is 4.68. The van der Waals surface area contributed by atoms with Crippen LogP contribution in [0.2, 0.25) is 0 Å². The molecule has 2 heterocycles. The number of aromatic nitrogens is 3. The van der Waals surface area contributed by atoms with Crippen molar-refractivity contribution in [1.82, 2.24) is 25.2 Å². The Kier molecular flexibility index (Phi) is 6.57. The summed E-state index contributed by atoms with van der Waals surface area (Å²) in [6.07, 6.45) is 1.98. The molecule has 0 radical (unpaired) electrons. The van der Waals surface area contributed by atoms with Gasteiger partial charge in [0.15, 0.2) is 0 Å². The maximum Gasteiger partial charge on any atom is 0.303 e. The molecule has 0 aromatic carbocycles. The van der Waals surface area contributed by atoms with Crippen molar-refractivity contribution in [2.45, 2.75) is 25.8 Å². The lowest BCUT2D eigenvalue weighted by Gasteiger charge is -2.29. The number of rotatable bonds is 5. The standard InChI is InChI=1S/C12H19N5O3.ClH/c1-9(12(20)16-6-4-13-5-7-16)17-8-10(14-15-17)2-3-11(18)19;/h8-9,13H,2-7H2,1H3,(H,18,19);1H/p-1/t9-;/m0./s1. The molecule has 0 spiro atoms. The van der Waals surface area contributed by atoms with E-state index in [0.29, 0.717) is 25.2 Å². The van der Waals surface area contributed by atoms with Crippen LogP contribution in [0.3, 0.4) is 0 Å². The fourth-order valence-electron chi connectivity index (χ4n) is 2.11. The van der Waals surface area contributed by atoms with E-state index in [-0.39, 0.29) is 24.7 Å². The molecule has 0 bridgehead atoms. The number of carboxylic acid groups (broad SMARTS) is 1. The number of aryl methyl sites for hydroxylation is 1. The molecule has 1 aromatic heterocycles. The predicted octanol–water partition coefficient (Wildman–Crippen LogP) is -3.71. The van der Waals surface area contributed by atoms with Gasteiger partial charge in [-0.1, -0.05) is 5.21 Å². The van der Waals surface area contributed by atoms with Crippen LogP contribution in [0.25, 0.3) is 0 Å². The zero-order valence-electron chi connectivity index (χ0n) is 11.8. The van der Waals surface area contributed by atoms with Crippen LogP contribution in [-0.2, 0) is 16.0 Å². The summed E-state index contributed by atoms with van der Waals surface area (Å²) in [6.45, 7) is 4.78. The van der Waals surface area contributed by atoms with Gasteiger partial charge in [0.25, 0.3) is 0 Å². The van der Waals surface area contributed by atoms with E-state index in [2.05, 4.69) is 15.6 Å². The Morgan fingerprint density at radius 2 is 2.10 bits per heavy atom. The molecule has 21 heavy (non-hydrogen) atoms. The van der Waals surface area contributed by atoms with Crippen LogP contribution in [-0.4, -0.2) is 63.1 Å². The number of carbonyl (C=O) groups excluding carboxylic acids is 1. The largest absolute Gasteiger partial charge is 1.00 e. The Hall–Kier alpha value is -1.67. The van der Waals surface area contributed by atoms with E-state index in [1.165, 1.54) is 4.68 Å². The normalized spacial score (nSPS) is 16.1. The number of hydrogen-bond acceptors (Lipinski definition) is 5. The Labute approximate surface area is 128 Å². The van der Waals surface area contributed by atoms with E-state index in [9.17, 15) is 9.59 Å². The molecule has 1 amide bonds. The second kappa shape index (κ2) is 7.94. The highest BCUT2D eigenvalue weighted by Crippen LogP contribution is 2.10. The second-order valence-electron chi connectivity index (χ2n) is 4.83. The summed E-state index contributed by atoms with van der Waals surface area (Å²) < 4.78 is 1.50. The molecule has 1 fully saturated rings. The predicted molar refractivity (Wildman–Crippen MR) is 70.1 cm³/mol. The maximum atomic E-state index is 12.3. The van der Waals surface area contributed by atoms with Gasteiger partial charge in [-0.2, -0.15) is 0 Å². The lowest BCUT2D eigenvalue weighted by atomic mass is 10.2. The zero-order valence-corrected chi connectivity index (χ0v) is 12.6. The van der Waals surface area contributed by atoms with Crippen molar-refractivity contribution in [1.29, 1.82) is 0 Å². The van der Waals surface area contributed by atoms with Crippen molar-refractivity contribution in [2.75, 3.05) is 26.2 Å². The summed E-state index contributed by atoms with van der Waals surface area (Å²) in [5, 5.41) is 19.6. The van der Waals surface area contributed by atoms with Gasteiger partial charge in [-0.15, -0.1) is 5.10 Å². The summed E-state index contributed by atoms with van der Waals surface area (Å²) in [5.74, 6) is -0.856. The van der Waals surface area contributed by atoms with E-state index in [4.69, 9.17) is 5.11 Å². The number of aliphatic carboxylic acids is 1. The molecular formula is C12H19ClN5O3-. The molecule has 1 aromatic rings. The third-order valence-corrected chi connectivity index (χ3v) is 3.34. The number of nitrogens with zero attached hydrogens (tertiary/aromatic N) is 4. The first kappa shape index (κ1) is 17.4. The molecule has 0 saturated carbocycles. The average Bonchev–Trinajstić information content (AvgIpc) is 2.93. The summed E-state index contributed by atoms with van der Waals surface area (Å²) in [5.41, 5.74) is 0.590. The Morgan fingerprint density at radius 3 is 2.71 bits per heavy atom. The Morgan fingerprint density at radius 1 is 1.43 bits per heavy atom. The average molecular weight is 317 g/mol. The van der Waals surface area contributed by atoms with E-state index >= 15 is 0 Å². The molecule has 9 heteroatoms. The summed E-state index contributed by atoms with van der Waals surface area (Å²) in [4.78, 5) is 24.6. The first-order valence-corrected chi connectivity index (χ1v) is 6.70. The minimum atomic E-state index is -0.871. The molecule has 1 aliphatic heterocycles. The van der Waals surface area contributed by atoms with Crippen molar-refractivity contribution in [2.24, 2.45) is 0 Å². The fourth-order valence-corrected chi connectivity index (χ4v) is 2.11. The van der Waals surface area contributed by atoms with Crippen LogP contribution in [0.15, 0.2) is 6.20 Å². The van der Waals surface area contributed by atoms with Gasteiger partial charge in [0.05, 0.1) is 12.1 Å². The highest BCUT2D eigenvalue weighted by molar-refractivity contribution is 5.80. The summed E-state index contributed by atoms with van der Waals surface area (Å²) in [7, 11) is 0. The second-order valence-corrected chi connectivity index (χ2v) is 4.83. The number of hydrogen-bond donors (Lipinski definition) is 2. The SMILES string of the molecule is C[C@@H](C(=O)N1CCNCC1)n1cc(CCC(=O)O)nn1.[Cl-]. The number of amides is 1. The Balaban J connectivity index is 0.00000220. The summed E-state index contributed by atoms with van der Waals surface area (Å²) >= 11 is 0. The lowest BCUT2D eigenvalue weighted by molar-refractivity contribution is -0.137. The highest BCUT2D eigenvalue weighted by Gasteiger charge is 2.24. The fraction of sp³-hybridized carbons (Fsp3) is 0.667. The van der Waals surface area contributed by atoms with E-state index in [1.807, 2.05) is 0 Å². The molecule has 8 nitrogen and oxygen atoms in total. The van der Waals surface area contributed by atoms with Crippen LogP contribution in [0.5, 0.6) is 0 Å². The van der Waals surface area contributed by atoms with E-state index in [1.54, 1.807) is 18.0 Å². The first-order valence-electron chi connectivity index (χ1n) is 6.70. The topological polar surface area (TPSA) is 100 Å². The number of halogens is 1. The minimum Gasteiger partial charge on any atom is -1.00 e. The van der Waals surface area contributed by atoms with Gasteiger partial charge >= 0.3 is 5.97 Å². The van der Waals surface area contributed by atoms with Gasteiger partial charge in [-0.3, -0.25) is 9.59 Å². The van der Waals surface area contributed by atoms with Crippen LogP contribution in [0, 0.1) is 0 Å². The maximum absolute atomic E-state index is 12.3. The van der Waals surface area contributed by atoms with Gasteiger partial charge < -0.3 is 27.7 Å². The number of piperazine rings is 1. The minimum absolute atomic E-state index is 0. The van der Waals surface area contributed by atoms with Crippen molar-refractivity contribution in [3.8, 4) is 0 Å². The van der Waals surface area contributed by atoms with Gasteiger partial charge in [0.2, 0.25) is 5.91 Å². The monoisotopic (exact) mass is 316 g/mol. The third-order valence-electron chi connectivity index (χ3n) is 3.34. The smallest absolute Gasteiger partial charge is 0.303 e. The zero-order chi connectivity index (χ0) is 14.5. The molecule has 2 N–H and O–H groups in total. The van der Waals surface area contributed by atoms with Crippen molar-refractivity contribution < 1.29 is 27.1 Å². The molecule has 0 unspecified atom stereocenters. The van der Waals surface area contributed by atoms with Gasteiger partial charge in [-0.25, -0.2) is 4.68 Å². The molecule has 1 saturated heterocycles. The van der Waals surface area contributed by atoms with Crippen LogP contribution < -0.4 is 17.7 Å². The number of nitrogens with one attached hydrogen (secondary N) is 1. The molecular weight excluding hydrogens is 298 g/mol. The van der Waals surface area contributed by atoms with Crippen molar-refractivity contribution in [3.05, 3.63) is 11.9 Å². The van der Waals surface area contributed by atoms with Gasteiger partial charge in [0.1, 0.15) is 6.04 Å². The molecule has 0 aliphatic carbocycles. The number of carbonyl (C=O) groups is 2.